The molecule has 1 heterocycles. The Bertz CT molecular complexity index is 372. The second-order valence-corrected chi connectivity index (χ2v) is 6.62. The van der Waals surface area contributed by atoms with E-state index >= 15 is 0 Å². The van der Waals surface area contributed by atoms with Gasteiger partial charge < -0.3 is 10.4 Å². The molecule has 1 aromatic heterocycles. The monoisotopic (exact) mass is 283 g/mol. The minimum absolute atomic E-state index is 0.0102. The Morgan fingerprint density at radius 2 is 2.26 bits per heavy atom. The number of carbonyl (C=O) groups excluding carboxylic acids is 1. The van der Waals surface area contributed by atoms with Gasteiger partial charge in [0.1, 0.15) is 0 Å². The van der Waals surface area contributed by atoms with Gasteiger partial charge in [-0.15, -0.1) is 0 Å². The topological polar surface area (TPSA) is 49.3 Å². The van der Waals surface area contributed by atoms with E-state index in [9.17, 15) is 9.90 Å². The third-order valence-corrected chi connectivity index (χ3v) is 3.88. The fourth-order valence-electron chi connectivity index (χ4n) is 1.76. The quantitative estimate of drug-likeness (QED) is 0.770. The highest BCUT2D eigenvalue weighted by atomic mass is 32.1. The van der Waals surface area contributed by atoms with Gasteiger partial charge in [0, 0.05) is 13.0 Å². The van der Waals surface area contributed by atoms with Gasteiger partial charge in [-0.3, -0.25) is 4.79 Å². The first-order valence-electron chi connectivity index (χ1n) is 6.89. The van der Waals surface area contributed by atoms with E-state index in [0.717, 1.165) is 19.3 Å². The normalized spacial score (nSPS) is 14.4. The minimum Gasteiger partial charge on any atom is -0.388 e. The number of thiophene rings is 1. The molecule has 0 aliphatic carbocycles. The second kappa shape index (κ2) is 7.65. The Morgan fingerprint density at radius 1 is 1.53 bits per heavy atom. The summed E-state index contributed by atoms with van der Waals surface area (Å²) in [6, 6.07) is 2.04. The van der Waals surface area contributed by atoms with Gasteiger partial charge in [0.15, 0.2) is 0 Å². The molecular weight excluding hydrogens is 258 g/mol. The lowest BCUT2D eigenvalue weighted by atomic mass is 9.95. The molecule has 1 amide bonds. The Balaban J connectivity index is 2.21. The number of nitrogens with one attached hydrogen (secondary N) is 1. The van der Waals surface area contributed by atoms with Gasteiger partial charge in [-0.2, -0.15) is 11.3 Å². The summed E-state index contributed by atoms with van der Waals surface area (Å²) < 4.78 is 0. The SMILES string of the molecule is CC(C)CCC(C)(O)CNC(=O)CCc1ccsc1. The molecule has 0 aliphatic heterocycles. The van der Waals surface area contributed by atoms with Gasteiger partial charge >= 0.3 is 0 Å². The lowest BCUT2D eigenvalue weighted by Crippen LogP contribution is -2.40. The molecule has 1 atom stereocenters. The first-order chi connectivity index (χ1) is 8.89. The van der Waals surface area contributed by atoms with Crippen molar-refractivity contribution in [2.45, 2.75) is 52.1 Å². The third kappa shape index (κ3) is 7.33. The largest absolute Gasteiger partial charge is 0.388 e. The Hall–Kier alpha value is -0.870. The fourth-order valence-corrected chi connectivity index (χ4v) is 2.46. The average Bonchev–Trinajstić information content (AvgIpc) is 2.85. The van der Waals surface area contributed by atoms with Crippen molar-refractivity contribution in [1.29, 1.82) is 0 Å². The summed E-state index contributed by atoms with van der Waals surface area (Å²) in [5.41, 5.74) is 0.397. The summed E-state index contributed by atoms with van der Waals surface area (Å²) >= 11 is 1.65. The van der Waals surface area contributed by atoms with Gasteiger partial charge in [0.05, 0.1) is 5.60 Å². The fraction of sp³-hybridized carbons (Fsp3) is 0.667. The number of hydrogen-bond donors (Lipinski definition) is 2. The molecule has 0 fully saturated rings. The molecular formula is C15H25NO2S. The van der Waals surface area contributed by atoms with Crippen molar-refractivity contribution < 1.29 is 9.90 Å². The highest BCUT2D eigenvalue weighted by Crippen LogP contribution is 2.15. The summed E-state index contributed by atoms with van der Waals surface area (Å²) in [5.74, 6) is 0.580. The molecule has 0 aromatic carbocycles. The van der Waals surface area contributed by atoms with Gasteiger partial charge in [0.2, 0.25) is 5.91 Å². The van der Waals surface area contributed by atoms with E-state index in [1.165, 1.54) is 5.56 Å². The summed E-state index contributed by atoms with van der Waals surface area (Å²) in [6.07, 6.45) is 2.94. The molecule has 19 heavy (non-hydrogen) atoms. The molecule has 0 radical (unpaired) electrons. The Kier molecular flexibility index (Phi) is 6.52. The average molecular weight is 283 g/mol. The maximum Gasteiger partial charge on any atom is 0.220 e. The molecule has 0 saturated carbocycles. The van der Waals surface area contributed by atoms with E-state index in [0.29, 0.717) is 18.9 Å². The zero-order valence-electron chi connectivity index (χ0n) is 12.1. The zero-order chi connectivity index (χ0) is 14.3. The van der Waals surface area contributed by atoms with E-state index in [-0.39, 0.29) is 5.91 Å². The maximum atomic E-state index is 11.7. The standard InChI is InChI=1S/C15H25NO2S/c1-12(2)6-8-15(3,18)11-16-14(17)5-4-13-7-9-19-10-13/h7,9-10,12,18H,4-6,8,11H2,1-3H3,(H,16,17). The van der Waals surface area contributed by atoms with Gasteiger partial charge in [-0.25, -0.2) is 0 Å². The molecule has 1 unspecified atom stereocenters. The molecule has 4 heteroatoms. The van der Waals surface area contributed by atoms with Crippen LogP contribution >= 0.6 is 11.3 Å². The van der Waals surface area contributed by atoms with Crippen LogP contribution in [0.4, 0.5) is 0 Å². The van der Waals surface area contributed by atoms with E-state index in [1.807, 2.05) is 11.4 Å². The number of carbonyl (C=O) groups is 1. The molecule has 0 bridgehead atoms. The third-order valence-electron chi connectivity index (χ3n) is 3.15. The van der Waals surface area contributed by atoms with Gasteiger partial charge in [0.25, 0.3) is 0 Å². The minimum atomic E-state index is -0.803. The number of aliphatic hydroxyl groups is 1. The molecule has 2 N–H and O–H groups in total. The lowest BCUT2D eigenvalue weighted by Gasteiger charge is -2.24. The Labute approximate surface area is 120 Å². The Morgan fingerprint density at radius 3 is 2.84 bits per heavy atom. The van der Waals surface area contributed by atoms with Crippen LogP contribution in [0.15, 0.2) is 16.8 Å². The number of amides is 1. The molecule has 0 aliphatic rings. The molecule has 1 aromatic rings. The maximum absolute atomic E-state index is 11.7. The predicted octanol–water partition coefficient (Wildman–Crippen LogP) is 2.98. The van der Waals surface area contributed by atoms with Crippen LogP contribution in [0.25, 0.3) is 0 Å². The van der Waals surface area contributed by atoms with Crippen LogP contribution in [0.2, 0.25) is 0 Å². The highest BCUT2D eigenvalue weighted by molar-refractivity contribution is 7.07. The van der Waals surface area contributed by atoms with Crippen molar-refractivity contribution in [3.8, 4) is 0 Å². The van der Waals surface area contributed by atoms with Crippen molar-refractivity contribution in [3.63, 3.8) is 0 Å². The van der Waals surface area contributed by atoms with Crippen LogP contribution in [0.5, 0.6) is 0 Å². The van der Waals surface area contributed by atoms with E-state index in [1.54, 1.807) is 18.3 Å². The van der Waals surface area contributed by atoms with Crippen LogP contribution in [-0.4, -0.2) is 23.2 Å². The number of rotatable bonds is 8. The number of aryl methyl sites for hydroxylation is 1. The number of hydrogen-bond acceptors (Lipinski definition) is 3. The van der Waals surface area contributed by atoms with Gasteiger partial charge in [-0.1, -0.05) is 13.8 Å². The van der Waals surface area contributed by atoms with Crippen LogP contribution in [0, 0.1) is 5.92 Å². The van der Waals surface area contributed by atoms with Crippen LogP contribution in [0.1, 0.15) is 45.6 Å². The van der Waals surface area contributed by atoms with Crippen LogP contribution in [-0.2, 0) is 11.2 Å². The summed E-state index contributed by atoms with van der Waals surface area (Å²) in [5, 5.41) is 17.1. The molecule has 108 valence electrons. The van der Waals surface area contributed by atoms with Crippen molar-refractivity contribution in [2.24, 2.45) is 5.92 Å². The predicted molar refractivity (Wildman–Crippen MR) is 80.3 cm³/mol. The van der Waals surface area contributed by atoms with Crippen LogP contribution in [0.3, 0.4) is 0 Å². The lowest BCUT2D eigenvalue weighted by molar-refractivity contribution is -0.122. The van der Waals surface area contributed by atoms with Crippen molar-refractivity contribution >= 4 is 17.2 Å². The first-order valence-corrected chi connectivity index (χ1v) is 7.83. The van der Waals surface area contributed by atoms with Crippen molar-refractivity contribution in [2.75, 3.05) is 6.54 Å². The summed E-state index contributed by atoms with van der Waals surface area (Å²) in [6.45, 7) is 6.39. The molecule has 0 spiro atoms. The van der Waals surface area contributed by atoms with Crippen LogP contribution < -0.4 is 5.32 Å². The smallest absolute Gasteiger partial charge is 0.220 e. The van der Waals surface area contributed by atoms with E-state index in [2.05, 4.69) is 24.5 Å². The van der Waals surface area contributed by atoms with E-state index < -0.39 is 5.60 Å². The molecule has 0 saturated heterocycles. The molecule has 3 nitrogen and oxygen atoms in total. The van der Waals surface area contributed by atoms with Gasteiger partial charge in [-0.05, 0) is 54.5 Å². The highest BCUT2D eigenvalue weighted by Gasteiger charge is 2.21. The van der Waals surface area contributed by atoms with E-state index in [4.69, 9.17) is 0 Å². The molecule has 1 rings (SSSR count). The first kappa shape index (κ1) is 16.2. The van der Waals surface area contributed by atoms with Crippen molar-refractivity contribution in [3.05, 3.63) is 22.4 Å². The summed E-state index contributed by atoms with van der Waals surface area (Å²) in [4.78, 5) is 11.7. The van der Waals surface area contributed by atoms with Crippen molar-refractivity contribution in [1.82, 2.24) is 5.32 Å². The summed E-state index contributed by atoms with van der Waals surface area (Å²) in [7, 11) is 0. The second-order valence-electron chi connectivity index (χ2n) is 5.84. The zero-order valence-corrected chi connectivity index (χ0v) is 12.9.